The third-order valence-corrected chi connectivity index (χ3v) is 3.24. The van der Waals surface area contributed by atoms with Crippen molar-refractivity contribution in [3.8, 4) is 0 Å². The summed E-state index contributed by atoms with van der Waals surface area (Å²) in [5, 5.41) is 11.8. The average Bonchev–Trinajstić information content (AvgIpc) is 2.99. The van der Waals surface area contributed by atoms with E-state index in [1.54, 1.807) is 22.5 Å². The molecule has 0 saturated heterocycles. The third kappa shape index (κ3) is 3.24. The molecule has 1 N–H and O–H groups in total. The van der Waals surface area contributed by atoms with Gasteiger partial charge in [-0.15, -0.1) is 0 Å². The number of carbonyl (C=O) groups is 1. The summed E-state index contributed by atoms with van der Waals surface area (Å²) >= 11 is 0. The van der Waals surface area contributed by atoms with Crippen LogP contribution in [-0.2, 0) is 31.8 Å². The van der Waals surface area contributed by atoms with Crippen molar-refractivity contribution in [2.75, 3.05) is 11.9 Å². The van der Waals surface area contributed by atoms with Gasteiger partial charge < -0.3 is 10.1 Å². The molecule has 2 aromatic rings. The van der Waals surface area contributed by atoms with Gasteiger partial charge in [0.05, 0.1) is 36.4 Å². The molecule has 0 unspecified atom stereocenters. The molecule has 0 radical (unpaired) electrons. The summed E-state index contributed by atoms with van der Waals surface area (Å²) in [6.45, 7) is 4.68. The van der Waals surface area contributed by atoms with Crippen molar-refractivity contribution in [3.63, 3.8) is 0 Å². The molecule has 2 heterocycles. The van der Waals surface area contributed by atoms with Gasteiger partial charge in [-0.1, -0.05) is 6.92 Å². The Bertz CT molecular complexity index is 629. The summed E-state index contributed by atoms with van der Waals surface area (Å²) < 4.78 is 8.50. The number of nitrogens with one attached hydrogen (secondary N) is 1. The first-order valence-electron chi connectivity index (χ1n) is 7.01. The molecule has 0 saturated carbocycles. The molecule has 2 aromatic heterocycles. The zero-order valence-electron chi connectivity index (χ0n) is 12.9. The monoisotopic (exact) mass is 291 g/mol. The SMILES string of the molecule is CCOC(=O)c1cnn(C)c1CNc1cn(C)nc1CC. The van der Waals surface area contributed by atoms with Crippen LogP contribution >= 0.6 is 0 Å². The number of rotatable bonds is 6. The molecule has 21 heavy (non-hydrogen) atoms. The first kappa shape index (κ1) is 15.1. The summed E-state index contributed by atoms with van der Waals surface area (Å²) in [5.41, 5.74) is 3.25. The first-order chi connectivity index (χ1) is 10.1. The largest absolute Gasteiger partial charge is 0.462 e. The Morgan fingerprint density at radius 3 is 2.81 bits per heavy atom. The van der Waals surface area contributed by atoms with E-state index in [9.17, 15) is 4.79 Å². The number of nitrogens with zero attached hydrogens (tertiary/aromatic N) is 4. The van der Waals surface area contributed by atoms with Gasteiger partial charge in [-0.05, 0) is 13.3 Å². The maximum atomic E-state index is 11.9. The molecule has 0 amide bonds. The molecule has 0 spiro atoms. The standard InChI is InChI=1S/C14H21N5O2/c1-5-11-12(9-18(3)17-11)15-8-13-10(7-16-19(13)4)14(20)21-6-2/h7,9,15H,5-6,8H2,1-4H3. The van der Waals surface area contributed by atoms with Crippen LogP contribution in [0.2, 0.25) is 0 Å². The topological polar surface area (TPSA) is 74.0 Å². The summed E-state index contributed by atoms with van der Waals surface area (Å²) in [5.74, 6) is -0.343. The van der Waals surface area contributed by atoms with Gasteiger partial charge in [0.25, 0.3) is 0 Å². The number of esters is 1. The quantitative estimate of drug-likeness (QED) is 0.817. The molecule has 0 aliphatic heterocycles. The lowest BCUT2D eigenvalue weighted by Gasteiger charge is -2.08. The van der Waals surface area contributed by atoms with Gasteiger partial charge in [0, 0.05) is 20.3 Å². The number of ether oxygens (including phenoxy) is 1. The molecule has 2 rings (SSSR count). The van der Waals surface area contributed by atoms with Crippen molar-refractivity contribution in [2.45, 2.75) is 26.8 Å². The summed E-state index contributed by atoms with van der Waals surface area (Å²) in [6, 6.07) is 0. The highest BCUT2D eigenvalue weighted by Crippen LogP contribution is 2.17. The van der Waals surface area contributed by atoms with Crippen LogP contribution in [0.25, 0.3) is 0 Å². The maximum absolute atomic E-state index is 11.9. The molecule has 0 bridgehead atoms. The van der Waals surface area contributed by atoms with Gasteiger partial charge in [0.1, 0.15) is 5.56 Å². The van der Waals surface area contributed by atoms with E-state index in [0.29, 0.717) is 18.7 Å². The Morgan fingerprint density at radius 1 is 1.38 bits per heavy atom. The lowest BCUT2D eigenvalue weighted by atomic mass is 10.2. The van der Waals surface area contributed by atoms with Crippen LogP contribution in [0.5, 0.6) is 0 Å². The molecular formula is C14H21N5O2. The van der Waals surface area contributed by atoms with E-state index in [1.165, 1.54) is 0 Å². The fourth-order valence-electron chi connectivity index (χ4n) is 2.17. The number of hydrogen-bond donors (Lipinski definition) is 1. The third-order valence-electron chi connectivity index (χ3n) is 3.24. The van der Waals surface area contributed by atoms with E-state index in [4.69, 9.17) is 4.74 Å². The molecular weight excluding hydrogens is 270 g/mol. The Kier molecular flexibility index (Phi) is 4.62. The number of carbonyl (C=O) groups excluding carboxylic acids is 1. The lowest BCUT2D eigenvalue weighted by Crippen LogP contribution is -2.12. The van der Waals surface area contributed by atoms with Crippen LogP contribution in [0.4, 0.5) is 5.69 Å². The molecule has 0 fully saturated rings. The van der Waals surface area contributed by atoms with Crippen LogP contribution in [-0.4, -0.2) is 32.1 Å². The van der Waals surface area contributed by atoms with E-state index >= 15 is 0 Å². The van der Waals surface area contributed by atoms with Crippen molar-refractivity contribution in [2.24, 2.45) is 14.1 Å². The Morgan fingerprint density at radius 2 is 2.14 bits per heavy atom. The fourth-order valence-corrected chi connectivity index (χ4v) is 2.17. The Labute approximate surface area is 123 Å². The van der Waals surface area contributed by atoms with E-state index in [2.05, 4.69) is 22.4 Å². The van der Waals surface area contributed by atoms with Gasteiger partial charge >= 0.3 is 5.97 Å². The van der Waals surface area contributed by atoms with Gasteiger partial charge in [0.2, 0.25) is 0 Å². The van der Waals surface area contributed by atoms with E-state index in [1.807, 2.05) is 20.3 Å². The van der Waals surface area contributed by atoms with Crippen LogP contribution < -0.4 is 5.32 Å². The van der Waals surface area contributed by atoms with Crippen molar-refractivity contribution in [1.29, 1.82) is 0 Å². The average molecular weight is 291 g/mol. The van der Waals surface area contributed by atoms with Crippen LogP contribution in [0.1, 0.15) is 35.6 Å². The zero-order chi connectivity index (χ0) is 15.4. The van der Waals surface area contributed by atoms with E-state index in [-0.39, 0.29) is 5.97 Å². The van der Waals surface area contributed by atoms with Crippen LogP contribution in [0.3, 0.4) is 0 Å². The van der Waals surface area contributed by atoms with Crippen LogP contribution in [0.15, 0.2) is 12.4 Å². The zero-order valence-corrected chi connectivity index (χ0v) is 12.9. The lowest BCUT2D eigenvalue weighted by molar-refractivity contribution is 0.0525. The predicted octanol–water partition coefficient (Wildman–Crippen LogP) is 1.50. The highest BCUT2D eigenvalue weighted by atomic mass is 16.5. The maximum Gasteiger partial charge on any atom is 0.341 e. The predicted molar refractivity (Wildman–Crippen MR) is 79.1 cm³/mol. The number of aromatic nitrogens is 4. The fraction of sp³-hybridized carbons (Fsp3) is 0.500. The Hall–Kier alpha value is -2.31. The van der Waals surface area contributed by atoms with Gasteiger partial charge in [-0.25, -0.2) is 4.79 Å². The highest BCUT2D eigenvalue weighted by molar-refractivity contribution is 5.90. The van der Waals surface area contributed by atoms with Gasteiger partial charge in [0.15, 0.2) is 0 Å². The van der Waals surface area contributed by atoms with Crippen molar-refractivity contribution >= 4 is 11.7 Å². The first-order valence-corrected chi connectivity index (χ1v) is 7.01. The normalized spacial score (nSPS) is 10.7. The Balaban J connectivity index is 2.16. The molecule has 0 atom stereocenters. The van der Waals surface area contributed by atoms with Gasteiger partial charge in [-0.2, -0.15) is 10.2 Å². The summed E-state index contributed by atoms with van der Waals surface area (Å²) in [6.07, 6.45) is 4.32. The minimum atomic E-state index is -0.343. The second-order valence-corrected chi connectivity index (χ2v) is 4.72. The molecule has 7 nitrogen and oxygen atoms in total. The van der Waals surface area contributed by atoms with E-state index < -0.39 is 0 Å². The molecule has 7 heteroatoms. The molecule has 0 aromatic carbocycles. The molecule has 114 valence electrons. The minimum Gasteiger partial charge on any atom is -0.462 e. The molecule has 0 aliphatic rings. The van der Waals surface area contributed by atoms with Crippen molar-refractivity contribution < 1.29 is 9.53 Å². The van der Waals surface area contributed by atoms with Crippen molar-refractivity contribution in [3.05, 3.63) is 29.3 Å². The second kappa shape index (κ2) is 6.43. The van der Waals surface area contributed by atoms with E-state index in [0.717, 1.165) is 23.5 Å². The summed E-state index contributed by atoms with van der Waals surface area (Å²) in [4.78, 5) is 11.9. The highest BCUT2D eigenvalue weighted by Gasteiger charge is 2.17. The number of anilines is 1. The van der Waals surface area contributed by atoms with Crippen molar-refractivity contribution in [1.82, 2.24) is 19.6 Å². The second-order valence-electron chi connectivity index (χ2n) is 4.72. The van der Waals surface area contributed by atoms with Gasteiger partial charge in [-0.3, -0.25) is 9.36 Å². The smallest absolute Gasteiger partial charge is 0.341 e. The summed E-state index contributed by atoms with van der Waals surface area (Å²) in [7, 11) is 3.70. The minimum absolute atomic E-state index is 0.343. The number of aryl methyl sites for hydroxylation is 3. The van der Waals surface area contributed by atoms with Crippen LogP contribution in [0, 0.1) is 0 Å². The number of hydrogen-bond acceptors (Lipinski definition) is 5. The molecule has 0 aliphatic carbocycles.